The highest BCUT2D eigenvalue weighted by atomic mass is 19.4. The van der Waals surface area contributed by atoms with Crippen LogP contribution in [0.25, 0.3) is 0 Å². The molecule has 2 aliphatic carbocycles. The third kappa shape index (κ3) is 6.88. The van der Waals surface area contributed by atoms with Gasteiger partial charge in [-0.3, -0.25) is 4.74 Å². The Morgan fingerprint density at radius 1 is 1.00 bits per heavy atom. The van der Waals surface area contributed by atoms with Gasteiger partial charge in [-0.15, -0.1) is 26.2 Å². The minimum atomic E-state index is -4.58. The van der Waals surface area contributed by atoms with Crippen LogP contribution in [0, 0.1) is 24.2 Å². The van der Waals surface area contributed by atoms with Crippen LogP contribution in [0.1, 0.15) is 81.8 Å². The molecule has 0 aromatic heterocycles. The molecule has 0 saturated heterocycles. The maximum atomic E-state index is 12.5. The van der Waals surface area contributed by atoms with Crippen LogP contribution in [0.5, 0.6) is 0 Å². The number of aryl methyl sites for hydroxylation is 1. The molecule has 31 heavy (non-hydrogen) atoms. The Labute approximate surface area is 185 Å². The second kappa shape index (κ2) is 10.7. The van der Waals surface area contributed by atoms with Crippen molar-refractivity contribution < 1.29 is 17.9 Å². The molecule has 0 amide bonds. The van der Waals surface area contributed by atoms with Gasteiger partial charge in [0.25, 0.3) is 0 Å². The summed E-state index contributed by atoms with van der Waals surface area (Å²) in [5, 5.41) is 0. The summed E-state index contributed by atoms with van der Waals surface area (Å²) in [5.41, 5.74) is 1.89. The van der Waals surface area contributed by atoms with Crippen LogP contribution in [0.15, 0.2) is 36.9 Å². The minimum Gasteiger partial charge on any atom is -0.289 e. The first-order valence-electron chi connectivity index (χ1n) is 11.8. The van der Waals surface area contributed by atoms with E-state index in [4.69, 9.17) is 6.42 Å². The summed E-state index contributed by atoms with van der Waals surface area (Å²) in [5.74, 6) is 4.60. The number of allylic oxidation sites excluding steroid dienone is 1. The fourth-order valence-corrected chi connectivity index (χ4v) is 5.43. The Hall–Kier alpha value is -1.73. The van der Waals surface area contributed by atoms with Crippen LogP contribution in [-0.4, -0.2) is 12.5 Å². The molecule has 0 radical (unpaired) electrons. The van der Waals surface area contributed by atoms with Gasteiger partial charge >= 0.3 is 6.36 Å². The highest BCUT2D eigenvalue weighted by Gasteiger charge is 2.40. The van der Waals surface area contributed by atoms with Gasteiger partial charge in [0.2, 0.25) is 0 Å². The van der Waals surface area contributed by atoms with E-state index in [1.165, 1.54) is 44.1 Å². The quantitative estimate of drug-likeness (QED) is 0.301. The van der Waals surface area contributed by atoms with E-state index in [2.05, 4.69) is 41.5 Å². The topological polar surface area (TPSA) is 9.23 Å². The SMILES string of the molecule is C#CC1(c2ccc(CCC3CCC(CCC=C)CC3)cc2)CCC(OC(F)(F)F)CC1. The van der Waals surface area contributed by atoms with Gasteiger partial charge in [0, 0.05) is 0 Å². The lowest BCUT2D eigenvalue weighted by molar-refractivity contribution is -0.345. The Balaban J connectivity index is 1.48. The molecular formula is C27H35F3O. The zero-order valence-corrected chi connectivity index (χ0v) is 18.4. The van der Waals surface area contributed by atoms with Gasteiger partial charge in [0.1, 0.15) is 0 Å². The predicted molar refractivity (Wildman–Crippen MR) is 120 cm³/mol. The summed E-state index contributed by atoms with van der Waals surface area (Å²) in [6.07, 6.45) is 14.3. The molecule has 0 heterocycles. The van der Waals surface area contributed by atoms with Crippen molar-refractivity contribution >= 4 is 0 Å². The van der Waals surface area contributed by atoms with E-state index in [0.717, 1.165) is 30.2 Å². The van der Waals surface area contributed by atoms with Crippen molar-refractivity contribution in [3.63, 3.8) is 0 Å². The van der Waals surface area contributed by atoms with Crippen molar-refractivity contribution in [3.05, 3.63) is 48.0 Å². The Morgan fingerprint density at radius 3 is 2.10 bits per heavy atom. The standard InChI is InChI=1S/C27H35F3O/c1-3-5-6-21-7-9-22(10-8-21)11-12-23-13-15-24(16-14-23)26(4-2)19-17-25(18-20-26)31-27(28,29)30/h2-3,13-16,21-22,25H,1,5-12,17-20H2. The Morgan fingerprint density at radius 2 is 1.58 bits per heavy atom. The fraction of sp³-hybridized carbons (Fsp3) is 0.630. The summed E-state index contributed by atoms with van der Waals surface area (Å²) in [6, 6.07) is 8.49. The fourth-order valence-electron chi connectivity index (χ4n) is 5.43. The molecule has 3 rings (SSSR count). The molecule has 2 fully saturated rings. The van der Waals surface area contributed by atoms with Crippen LogP contribution in [0.4, 0.5) is 13.2 Å². The number of halogens is 3. The number of ether oxygens (including phenoxy) is 1. The number of alkyl halides is 3. The van der Waals surface area contributed by atoms with Crippen LogP contribution < -0.4 is 0 Å². The molecule has 4 heteroatoms. The molecule has 2 aliphatic rings. The molecule has 0 atom stereocenters. The van der Waals surface area contributed by atoms with E-state index < -0.39 is 17.9 Å². The maximum Gasteiger partial charge on any atom is 0.522 e. The van der Waals surface area contributed by atoms with E-state index in [-0.39, 0.29) is 0 Å². The summed E-state index contributed by atoms with van der Waals surface area (Å²) >= 11 is 0. The van der Waals surface area contributed by atoms with E-state index in [9.17, 15) is 13.2 Å². The predicted octanol–water partition coefficient (Wildman–Crippen LogP) is 7.74. The van der Waals surface area contributed by atoms with Crippen molar-refractivity contribution in [1.29, 1.82) is 0 Å². The Kier molecular flexibility index (Phi) is 8.28. The lowest BCUT2D eigenvalue weighted by atomic mass is 9.69. The van der Waals surface area contributed by atoms with Crippen LogP contribution in [0.3, 0.4) is 0 Å². The van der Waals surface area contributed by atoms with Crippen molar-refractivity contribution in [1.82, 2.24) is 0 Å². The van der Waals surface area contributed by atoms with E-state index >= 15 is 0 Å². The monoisotopic (exact) mass is 432 g/mol. The molecule has 1 aromatic rings. The second-order valence-corrected chi connectivity index (χ2v) is 9.48. The maximum absolute atomic E-state index is 12.5. The summed E-state index contributed by atoms with van der Waals surface area (Å²) in [4.78, 5) is 0. The molecule has 2 saturated carbocycles. The van der Waals surface area contributed by atoms with Crippen molar-refractivity contribution in [2.75, 3.05) is 0 Å². The summed E-state index contributed by atoms with van der Waals surface area (Å²) in [6.45, 7) is 3.83. The van der Waals surface area contributed by atoms with Crippen LogP contribution in [0.2, 0.25) is 0 Å². The van der Waals surface area contributed by atoms with Gasteiger partial charge < -0.3 is 0 Å². The van der Waals surface area contributed by atoms with Gasteiger partial charge in [0.15, 0.2) is 0 Å². The second-order valence-electron chi connectivity index (χ2n) is 9.48. The first kappa shape index (κ1) is 23.9. The summed E-state index contributed by atoms with van der Waals surface area (Å²) < 4.78 is 41.7. The van der Waals surface area contributed by atoms with E-state index in [1.807, 2.05) is 6.08 Å². The first-order chi connectivity index (χ1) is 14.8. The van der Waals surface area contributed by atoms with Crippen molar-refractivity contribution in [2.24, 2.45) is 11.8 Å². The third-order valence-electron chi connectivity index (χ3n) is 7.46. The molecule has 0 bridgehead atoms. The zero-order chi connectivity index (χ0) is 22.3. The molecule has 1 aromatic carbocycles. The molecule has 170 valence electrons. The van der Waals surface area contributed by atoms with Crippen LogP contribution in [-0.2, 0) is 16.6 Å². The first-order valence-corrected chi connectivity index (χ1v) is 11.8. The lowest BCUT2D eigenvalue weighted by Gasteiger charge is -2.37. The van der Waals surface area contributed by atoms with Gasteiger partial charge in [0.05, 0.1) is 11.5 Å². The van der Waals surface area contributed by atoms with Gasteiger partial charge in [-0.2, -0.15) is 0 Å². The highest BCUT2D eigenvalue weighted by Crippen LogP contribution is 2.41. The van der Waals surface area contributed by atoms with Gasteiger partial charge in [-0.25, -0.2) is 0 Å². The Bertz CT molecular complexity index is 727. The third-order valence-corrected chi connectivity index (χ3v) is 7.46. The molecule has 1 nitrogen and oxygen atoms in total. The number of hydrogen-bond acceptors (Lipinski definition) is 1. The van der Waals surface area contributed by atoms with Gasteiger partial charge in [-0.1, -0.05) is 61.9 Å². The average Bonchev–Trinajstić information content (AvgIpc) is 2.77. The van der Waals surface area contributed by atoms with E-state index in [0.29, 0.717) is 25.7 Å². The molecular weight excluding hydrogens is 397 g/mol. The van der Waals surface area contributed by atoms with Crippen molar-refractivity contribution in [3.8, 4) is 12.3 Å². The number of terminal acetylenes is 1. The minimum absolute atomic E-state index is 0.334. The largest absolute Gasteiger partial charge is 0.522 e. The van der Waals surface area contributed by atoms with E-state index in [1.54, 1.807) is 0 Å². The number of rotatable bonds is 8. The molecule has 0 unspecified atom stereocenters. The molecule has 0 spiro atoms. The van der Waals surface area contributed by atoms with Gasteiger partial charge in [-0.05, 0) is 74.3 Å². The highest BCUT2D eigenvalue weighted by molar-refractivity contribution is 5.37. The normalized spacial score (nSPS) is 29.3. The molecule has 0 aliphatic heterocycles. The number of benzene rings is 1. The lowest BCUT2D eigenvalue weighted by Crippen LogP contribution is -2.35. The zero-order valence-electron chi connectivity index (χ0n) is 18.4. The summed E-state index contributed by atoms with van der Waals surface area (Å²) in [7, 11) is 0. The number of hydrogen-bond donors (Lipinski definition) is 0. The molecule has 0 N–H and O–H groups in total. The average molecular weight is 433 g/mol. The van der Waals surface area contributed by atoms with Crippen molar-refractivity contribution in [2.45, 2.75) is 94.9 Å². The van der Waals surface area contributed by atoms with Crippen LogP contribution >= 0.6 is 0 Å². The smallest absolute Gasteiger partial charge is 0.289 e.